The van der Waals surface area contributed by atoms with E-state index in [0.717, 1.165) is 5.56 Å². The highest BCUT2D eigenvalue weighted by atomic mass is 35.5. The van der Waals surface area contributed by atoms with Gasteiger partial charge in [0, 0.05) is 33.4 Å². The fraction of sp³-hybridized carbons (Fsp3) is 0.0833. The number of aromatic nitrogens is 2. The van der Waals surface area contributed by atoms with Gasteiger partial charge in [-0.1, -0.05) is 41.4 Å². The summed E-state index contributed by atoms with van der Waals surface area (Å²) in [5, 5.41) is 7.99. The van der Waals surface area contributed by atoms with Crippen molar-refractivity contribution >= 4 is 34.9 Å². The molecule has 32 heavy (non-hydrogen) atoms. The van der Waals surface area contributed by atoms with Crippen LogP contribution in [0.2, 0.25) is 10.0 Å². The third-order valence-electron chi connectivity index (χ3n) is 4.67. The van der Waals surface area contributed by atoms with Crippen LogP contribution in [0.3, 0.4) is 0 Å². The van der Waals surface area contributed by atoms with Gasteiger partial charge in [0.1, 0.15) is 18.2 Å². The minimum atomic E-state index is -0.406. The van der Waals surface area contributed by atoms with Gasteiger partial charge in [0.2, 0.25) is 0 Å². The largest absolute Gasteiger partial charge is 0.489 e. The van der Waals surface area contributed by atoms with Crippen LogP contribution < -0.4 is 10.1 Å². The lowest BCUT2D eigenvalue weighted by atomic mass is 10.1. The Morgan fingerprint density at radius 3 is 2.59 bits per heavy atom. The summed E-state index contributed by atoms with van der Waals surface area (Å²) < 4.78 is 21.2. The standard InChI is InChI=1S/C24H18Cl2FN3O2/c25-18-7-9-19(10-8-18)32-15-16-3-1-4-17(13-16)24(31)28-23-11-12-30(29-23)14-20-21(26)5-2-6-22(20)27/h1-13H,14-15H2,(H,28,29,31). The van der Waals surface area contributed by atoms with E-state index < -0.39 is 5.82 Å². The number of nitrogens with one attached hydrogen (secondary N) is 1. The first-order chi connectivity index (χ1) is 15.5. The van der Waals surface area contributed by atoms with Crippen LogP contribution in [0.25, 0.3) is 0 Å². The molecule has 0 bridgehead atoms. The molecule has 3 aromatic carbocycles. The molecule has 4 aromatic rings. The van der Waals surface area contributed by atoms with Crippen LogP contribution >= 0.6 is 23.2 Å². The third kappa shape index (κ3) is 5.46. The Bertz CT molecular complexity index is 1220. The van der Waals surface area contributed by atoms with Gasteiger partial charge >= 0.3 is 0 Å². The van der Waals surface area contributed by atoms with Gasteiger partial charge in [-0.2, -0.15) is 5.10 Å². The lowest BCUT2D eigenvalue weighted by Gasteiger charge is -2.08. The monoisotopic (exact) mass is 469 g/mol. The Morgan fingerprint density at radius 1 is 1.03 bits per heavy atom. The van der Waals surface area contributed by atoms with Crippen LogP contribution in [-0.4, -0.2) is 15.7 Å². The van der Waals surface area contributed by atoms with Gasteiger partial charge in [-0.3, -0.25) is 9.48 Å². The molecule has 1 heterocycles. The number of hydrogen-bond donors (Lipinski definition) is 1. The van der Waals surface area contributed by atoms with E-state index in [4.69, 9.17) is 27.9 Å². The van der Waals surface area contributed by atoms with Crippen LogP contribution in [0.5, 0.6) is 5.75 Å². The van der Waals surface area contributed by atoms with E-state index in [1.165, 1.54) is 10.7 Å². The average molecular weight is 470 g/mol. The number of carbonyl (C=O) groups is 1. The van der Waals surface area contributed by atoms with E-state index in [0.29, 0.717) is 39.3 Å². The zero-order chi connectivity index (χ0) is 22.5. The number of rotatable bonds is 7. The second kappa shape index (κ2) is 9.85. The molecule has 4 rings (SSSR count). The summed E-state index contributed by atoms with van der Waals surface area (Å²) in [6.07, 6.45) is 1.65. The summed E-state index contributed by atoms with van der Waals surface area (Å²) >= 11 is 11.9. The molecule has 0 saturated heterocycles. The smallest absolute Gasteiger partial charge is 0.256 e. The highest BCUT2D eigenvalue weighted by Gasteiger charge is 2.11. The molecular formula is C24H18Cl2FN3O2. The fourth-order valence-corrected chi connectivity index (χ4v) is 3.40. The Kier molecular flexibility index (Phi) is 6.73. The summed E-state index contributed by atoms with van der Waals surface area (Å²) in [5.74, 6) is 0.318. The van der Waals surface area contributed by atoms with Gasteiger partial charge in [-0.25, -0.2) is 4.39 Å². The van der Waals surface area contributed by atoms with Gasteiger partial charge in [0.25, 0.3) is 5.91 Å². The summed E-state index contributed by atoms with van der Waals surface area (Å²) in [7, 11) is 0. The van der Waals surface area contributed by atoms with E-state index in [1.807, 2.05) is 6.07 Å². The SMILES string of the molecule is O=C(Nc1ccn(Cc2c(F)cccc2Cl)n1)c1cccc(COc2ccc(Cl)cc2)c1. The Balaban J connectivity index is 1.39. The van der Waals surface area contributed by atoms with Crippen molar-refractivity contribution in [1.82, 2.24) is 9.78 Å². The van der Waals surface area contributed by atoms with Gasteiger partial charge in [0.05, 0.1) is 6.54 Å². The van der Waals surface area contributed by atoms with E-state index in [9.17, 15) is 9.18 Å². The van der Waals surface area contributed by atoms with Crippen LogP contribution in [0.1, 0.15) is 21.5 Å². The maximum Gasteiger partial charge on any atom is 0.256 e. The van der Waals surface area contributed by atoms with Crippen LogP contribution in [-0.2, 0) is 13.2 Å². The number of halogens is 3. The number of amides is 1. The molecule has 0 unspecified atom stereocenters. The van der Waals surface area contributed by atoms with Gasteiger partial charge in [-0.15, -0.1) is 0 Å². The molecule has 0 saturated carbocycles. The first-order valence-corrected chi connectivity index (χ1v) is 10.5. The molecule has 5 nitrogen and oxygen atoms in total. The first-order valence-electron chi connectivity index (χ1n) is 9.73. The number of benzene rings is 3. The molecule has 1 aromatic heterocycles. The molecular weight excluding hydrogens is 452 g/mol. The van der Waals surface area contributed by atoms with Crippen molar-refractivity contribution in [3.63, 3.8) is 0 Å². The fourth-order valence-electron chi connectivity index (χ4n) is 3.05. The minimum absolute atomic E-state index is 0.152. The zero-order valence-corrected chi connectivity index (χ0v) is 18.3. The second-order valence-corrected chi connectivity index (χ2v) is 7.84. The highest BCUT2D eigenvalue weighted by Crippen LogP contribution is 2.21. The van der Waals surface area contributed by atoms with Gasteiger partial charge < -0.3 is 10.1 Å². The molecule has 0 atom stereocenters. The first kappa shape index (κ1) is 21.9. The number of anilines is 1. The van der Waals surface area contributed by atoms with Crippen molar-refractivity contribution in [2.75, 3.05) is 5.32 Å². The van der Waals surface area contributed by atoms with Crippen LogP contribution in [0.15, 0.2) is 79.0 Å². The predicted octanol–water partition coefficient (Wildman–Crippen LogP) is 6.21. The highest BCUT2D eigenvalue weighted by molar-refractivity contribution is 6.31. The molecule has 0 aliphatic rings. The quantitative estimate of drug-likeness (QED) is 0.350. The number of hydrogen-bond acceptors (Lipinski definition) is 3. The third-order valence-corrected chi connectivity index (χ3v) is 5.28. The molecule has 8 heteroatoms. The molecule has 0 aliphatic heterocycles. The number of nitrogens with zero attached hydrogens (tertiary/aromatic N) is 2. The Hall–Kier alpha value is -3.35. The molecule has 1 N–H and O–H groups in total. The van der Waals surface area contributed by atoms with Crippen molar-refractivity contribution in [3.8, 4) is 5.75 Å². The van der Waals surface area contributed by atoms with E-state index in [-0.39, 0.29) is 12.5 Å². The van der Waals surface area contributed by atoms with Crippen molar-refractivity contribution < 1.29 is 13.9 Å². The summed E-state index contributed by atoms with van der Waals surface area (Å²) in [6, 6.07) is 20.3. The van der Waals surface area contributed by atoms with Gasteiger partial charge in [-0.05, 0) is 54.1 Å². The van der Waals surface area contributed by atoms with E-state index in [2.05, 4.69) is 10.4 Å². The summed E-state index contributed by atoms with van der Waals surface area (Å²) in [6.45, 7) is 0.458. The normalized spacial score (nSPS) is 10.7. The summed E-state index contributed by atoms with van der Waals surface area (Å²) in [4.78, 5) is 12.7. The zero-order valence-electron chi connectivity index (χ0n) is 16.8. The van der Waals surface area contributed by atoms with Crippen molar-refractivity contribution in [3.05, 3.63) is 112 Å². The minimum Gasteiger partial charge on any atom is -0.489 e. The topological polar surface area (TPSA) is 56.2 Å². The maximum atomic E-state index is 14.0. The number of carbonyl (C=O) groups excluding carboxylic acids is 1. The van der Waals surface area contributed by atoms with Gasteiger partial charge in [0.15, 0.2) is 5.82 Å². The Labute approximate surface area is 194 Å². The Morgan fingerprint density at radius 2 is 1.81 bits per heavy atom. The van der Waals surface area contributed by atoms with Crippen molar-refractivity contribution in [2.24, 2.45) is 0 Å². The molecule has 0 radical (unpaired) electrons. The van der Waals surface area contributed by atoms with Crippen molar-refractivity contribution in [2.45, 2.75) is 13.2 Å². The lowest BCUT2D eigenvalue weighted by Crippen LogP contribution is -2.13. The molecule has 0 spiro atoms. The molecule has 1 amide bonds. The summed E-state index contributed by atoms with van der Waals surface area (Å²) in [5.41, 5.74) is 1.64. The van der Waals surface area contributed by atoms with Crippen LogP contribution in [0.4, 0.5) is 10.2 Å². The molecule has 162 valence electrons. The van der Waals surface area contributed by atoms with Crippen molar-refractivity contribution in [1.29, 1.82) is 0 Å². The number of ether oxygens (including phenoxy) is 1. The van der Waals surface area contributed by atoms with E-state index >= 15 is 0 Å². The van der Waals surface area contributed by atoms with E-state index in [1.54, 1.807) is 66.9 Å². The average Bonchev–Trinajstić information content (AvgIpc) is 3.23. The lowest BCUT2D eigenvalue weighted by molar-refractivity contribution is 0.102. The maximum absolute atomic E-state index is 14.0. The second-order valence-electron chi connectivity index (χ2n) is 7.00. The van der Waals surface area contributed by atoms with Crippen LogP contribution in [0, 0.1) is 5.82 Å². The molecule has 0 fully saturated rings. The predicted molar refractivity (Wildman–Crippen MR) is 123 cm³/mol. The molecule has 0 aliphatic carbocycles.